The zero-order chi connectivity index (χ0) is 19.5. The Morgan fingerprint density at radius 2 is 1.82 bits per heavy atom. The van der Waals surface area contributed by atoms with E-state index in [1.54, 1.807) is 0 Å². The third-order valence-corrected chi connectivity index (χ3v) is 6.19. The maximum absolute atomic E-state index is 5.55. The van der Waals surface area contributed by atoms with E-state index in [0.29, 0.717) is 0 Å². The molecule has 1 N–H and O–H groups in total. The van der Waals surface area contributed by atoms with E-state index >= 15 is 0 Å². The fraction of sp³-hybridized carbons (Fsp3) is 0.350. The lowest BCUT2D eigenvalue weighted by Crippen LogP contribution is -2.46. The lowest BCUT2D eigenvalue weighted by Gasteiger charge is -2.35. The highest BCUT2D eigenvalue weighted by Crippen LogP contribution is 2.24. The van der Waals surface area contributed by atoms with Crippen LogP contribution in [0.15, 0.2) is 42.7 Å². The molecule has 6 nitrogen and oxygen atoms in total. The molecular formula is C20H24N6S2. The summed E-state index contributed by atoms with van der Waals surface area (Å²) in [5, 5.41) is 8.95. The Balaban J connectivity index is 1.38. The standard InChI is InChI=1S/C20H24N6S2/c1-15-3-4-18(16(2)13-15)22-19-23-26(20(27)28-19)14-24-9-11-25(12-10-24)17-5-7-21-8-6-17/h3-8,13H,9-12,14H2,1-2H3,(H,22,23). The minimum absolute atomic E-state index is 0.730. The number of piperazine rings is 1. The van der Waals surface area contributed by atoms with Crippen molar-refractivity contribution in [2.45, 2.75) is 20.5 Å². The number of hydrogen-bond acceptors (Lipinski definition) is 7. The minimum Gasteiger partial charge on any atom is -0.369 e. The van der Waals surface area contributed by atoms with Gasteiger partial charge in [-0.15, -0.1) is 5.10 Å². The van der Waals surface area contributed by atoms with Crippen molar-refractivity contribution < 1.29 is 0 Å². The summed E-state index contributed by atoms with van der Waals surface area (Å²) < 4.78 is 2.72. The topological polar surface area (TPSA) is 49.2 Å². The molecule has 4 rings (SSSR count). The summed E-state index contributed by atoms with van der Waals surface area (Å²) in [4.78, 5) is 8.89. The highest BCUT2D eigenvalue weighted by atomic mass is 32.1. The second-order valence-corrected chi connectivity index (χ2v) is 8.69. The molecule has 146 valence electrons. The fourth-order valence-corrected chi connectivity index (χ4v) is 4.41. The number of rotatable bonds is 5. The Morgan fingerprint density at radius 3 is 2.54 bits per heavy atom. The van der Waals surface area contributed by atoms with E-state index in [1.807, 2.05) is 17.1 Å². The Kier molecular flexibility index (Phi) is 5.70. The van der Waals surface area contributed by atoms with Gasteiger partial charge in [-0.25, -0.2) is 4.68 Å². The van der Waals surface area contributed by atoms with Gasteiger partial charge < -0.3 is 10.2 Å². The van der Waals surface area contributed by atoms with Crippen LogP contribution in [0.3, 0.4) is 0 Å². The first kappa shape index (κ1) is 19.0. The van der Waals surface area contributed by atoms with E-state index in [-0.39, 0.29) is 0 Å². The average molecular weight is 413 g/mol. The quantitative estimate of drug-likeness (QED) is 0.634. The van der Waals surface area contributed by atoms with Crippen LogP contribution >= 0.6 is 23.6 Å². The monoisotopic (exact) mass is 412 g/mol. The van der Waals surface area contributed by atoms with Gasteiger partial charge in [-0.05, 0) is 49.8 Å². The Morgan fingerprint density at radius 1 is 1.07 bits per heavy atom. The molecule has 1 saturated heterocycles. The van der Waals surface area contributed by atoms with Crippen LogP contribution in [0.1, 0.15) is 11.1 Å². The summed E-state index contributed by atoms with van der Waals surface area (Å²) in [5.74, 6) is 0. The van der Waals surface area contributed by atoms with E-state index in [2.05, 4.69) is 64.3 Å². The Bertz CT molecular complexity index is 989. The molecule has 8 heteroatoms. The smallest absolute Gasteiger partial charge is 0.209 e. The predicted octanol–water partition coefficient (Wildman–Crippen LogP) is 4.21. The summed E-state index contributed by atoms with van der Waals surface area (Å²) in [6, 6.07) is 10.5. The molecule has 0 atom stereocenters. The van der Waals surface area contributed by atoms with Crippen LogP contribution in [0.25, 0.3) is 0 Å². The average Bonchev–Trinajstić information content (AvgIpc) is 3.04. The van der Waals surface area contributed by atoms with Crippen LogP contribution in [0.4, 0.5) is 16.5 Å². The van der Waals surface area contributed by atoms with Crippen LogP contribution < -0.4 is 10.2 Å². The van der Waals surface area contributed by atoms with Crippen molar-refractivity contribution in [3.8, 4) is 0 Å². The van der Waals surface area contributed by atoms with Crippen molar-refractivity contribution in [2.75, 3.05) is 36.4 Å². The highest BCUT2D eigenvalue weighted by molar-refractivity contribution is 7.73. The molecule has 3 aromatic rings. The largest absolute Gasteiger partial charge is 0.369 e. The summed E-state index contributed by atoms with van der Waals surface area (Å²) in [6.07, 6.45) is 3.70. The molecule has 28 heavy (non-hydrogen) atoms. The van der Waals surface area contributed by atoms with E-state index < -0.39 is 0 Å². The number of hydrogen-bond donors (Lipinski definition) is 1. The molecule has 0 radical (unpaired) electrons. The van der Waals surface area contributed by atoms with Crippen LogP contribution in [-0.2, 0) is 6.67 Å². The van der Waals surface area contributed by atoms with Crippen molar-refractivity contribution in [3.63, 3.8) is 0 Å². The molecule has 0 saturated carbocycles. The highest BCUT2D eigenvalue weighted by Gasteiger charge is 2.18. The van der Waals surface area contributed by atoms with Crippen molar-refractivity contribution in [1.29, 1.82) is 0 Å². The second kappa shape index (κ2) is 8.38. The summed E-state index contributed by atoms with van der Waals surface area (Å²) in [6.45, 7) is 8.90. The SMILES string of the molecule is Cc1ccc(Nc2nn(CN3CCN(c4ccncc4)CC3)c(=S)s2)c(C)c1. The molecule has 1 fully saturated rings. The first-order chi connectivity index (χ1) is 13.6. The number of nitrogens with zero attached hydrogens (tertiary/aromatic N) is 5. The Hall–Kier alpha value is -2.29. The fourth-order valence-electron chi connectivity index (χ4n) is 3.41. The van der Waals surface area contributed by atoms with Gasteiger partial charge in [0.2, 0.25) is 5.13 Å². The molecule has 1 aliphatic rings. The zero-order valence-electron chi connectivity index (χ0n) is 16.1. The van der Waals surface area contributed by atoms with Crippen molar-refractivity contribution >= 4 is 40.1 Å². The van der Waals surface area contributed by atoms with Gasteiger partial charge in [0.1, 0.15) is 0 Å². The van der Waals surface area contributed by atoms with E-state index in [1.165, 1.54) is 28.2 Å². The van der Waals surface area contributed by atoms with Gasteiger partial charge in [0.05, 0.1) is 6.67 Å². The van der Waals surface area contributed by atoms with Gasteiger partial charge in [-0.2, -0.15) is 0 Å². The van der Waals surface area contributed by atoms with Crippen LogP contribution in [-0.4, -0.2) is 45.8 Å². The first-order valence-electron chi connectivity index (χ1n) is 9.38. The normalized spacial score (nSPS) is 15.0. The van der Waals surface area contributed by atoms with Crippen molar-refractivity contribution in [2.24, 2.45) is 0 Å². The summed E-state index contributed by atoms with van der Waals surface area (Å²) in [5.41, 5.74) is 4.78. The van der Waals surface area contributed by atoms with Crippen LogP contribution in [0.2, 0.25) is 0 Å². The van der Waals surface area contributed by atoms with Gasteiger partial charge in [0.15, 0.2) is 3.95 Å². The third-order valence-electron chi connectivity index (χ3n) is 4.96. The minimum atomic E-state index is 0.730. The molecule has 0 spiro atoms. The number of aryl methyl sites for hydroxylation is 2. The summed E-state index contributed by atoms with van der Waals surface area (Å²) in [7, 11) is 0. The van der Waals surface area contributed by atoms with Gasteiger partial charge in [0.25, 0.3) is 0 Å². The van der Waals surface area contributed by atoms with Crippen molar-refractivity contribution in [1.82, 2.24) is 19.7 Å². The molecular weight excluding hydrogens is 388 g/mol. The van der Waals surface area contributed by atoms with Crippen LogP contribution in [0, 0.1) is 17.8 Å². The maximum atomic E-state index is 5.55. The second-order valence-electron chi connectivity index (χ2n) is 7.07. The number of aromatic nitrogens is 3. The molecule has 0 aliphatic carbocycles. The zero-order valence-corrected chi connectivity index (χ0v) is 17.8. The summed E-state index contributed by atoms with van der Waals surface area (Å²) >= 11 is 7.07. The van der Waals surface area contributed by atoms with Gasteiger partial charge in [-0.1, -0.05) is 29.0 Å². The number of pyridine rings is 1. The first-order valence-corrected chi connectivity index (χ1v) is 10.6. The lowest BCUT2D eigenvalue weighted by molar-refractivity contribution is 0.195. The van der Waals surface area contributed by atoms with E-state index in [0.717, 1.165) is 47.6 Å². The number of benzene rings is 1. The van der Waals surface area contributed by atoms with Crippen LogP contribution in [0.5, 0.6) is 0 Å². The maximum Gasteiger partial charge on any atom is 0.209 e. The molecule has 3 heterocycles. The van der Waals surface area contributed by atoms with Gasteiger partial charge >= 0.3 is 0 Å². The molecule has 0 unspecified atom stereocenters. The van der Waals surface area contributed by atoms with Gasteiger partial charge in [0, 0.05) is 49.9 Å². The third kappa shape index (κ3) is 4.40. The lowest BCUT2D eigenvalue weighted by atomic mass is 10.1. The van der Waals surface area contributed by atoms with Crippen molar-refractivity contribution in [3.05, 3.63) is 57.8 Å². The Labute approximate surface area is 174 Å². The predicted molar refractivity (Wildman–Crippen MR) is 118 cm³/mol. The van der Waals surface area contributed by atoms with E-state index in [9.17, 15) is 0 Å². The van der Waals surface area contributed by atoms with Gasteiger partial charge in [-0.3, -0.25) is 9.88 Å². The molecule has 1 aromatic carbocycles. The number of nitrogens with one attached hydrogen (secondary N) is 1. The number of anilines is 3. The molecule has 0 amide bonds. The molecule has 1 aliphatic heterocycles. The molecule has 2 aromatic heterocycles. The van der Waals surface area contributed by atoms with E-state index in [4.69, 9.17) is 17.3 Å². The molecule has 0 bridgehead atoms.